The van der Waals surface area contributed by atoms with Crippen molar-refractivity contribution in [3.8, 4) is 0 Å². The highest BCUT2D eigenvalue weighted by atomic mass is 32.2. The summed E-state index contributed by atoms with van der Waals surface area (Å²) in [7, 11) is -3.95. The van der Waals surface area contributed by atoms with E-state index in [4.69, 9.17) is 10.8 Å². The maximum atomic E-state index is 13.7. The van der Waals surface area contributed by atoms with E-state index in [-0.39, 0.29) is 18.3 Å². The number of nitrogens with one attached hydrogen (secondary N) is 1. The lowest BCUT2D eigenvalue weighted by Crippen LogP contribution is -2.33. The first-order valence-electron chi connectivity index (χ1n) is 5.96. The zero-order valence-corrected chi connectivity index (χ0v) is 11.8. The van der Waals surface area contributed by atoms with Crippen LogP contribution in [0.4, 0.5) is 10.1 Å². The molecular formula is C12H19FN2O3S. The van der Waals surface area contributed by atoms with Gasteiger partial charge in [-0.15, -0.1) is 0 Å². The standard InChI is InChI=1S/C12H19FN2O3S/c1-8-6-10(13)12(7-11(8)14)19(17,18)15-9(2)4-3-5-16/h6-7,9,15-16H,3-5,14H2,1-2H3. The van der Waals surface area contributed by atoms with Crippen molar-refractivity contribution in [3.05, 3.63) is 23.5 Å². The second kappa shape index (κ2) is 6.31. The van der Waals surface area contributed by atoms with E-state index in [1.54, 1.807) is 13.8 Å². The van der Waals surface area contributed by atoms with Gasteiger partial charge in [-0.25, -0.2) is 17.5 Å². The van der Waals surface area contributed by atoms with Gasteiger partial charge in [0.1, 0.15) is 10.7 Å². The molecule has 0 saturated heterocycles. The van der Waals surface area contributed by atoms with Crippen LogP contribution in [0.3, 0.4) is 0 Å². The highest BCUT2D eigenvalue weighted by Crippen LogP contribution is 2.21. The quantitative estimate of drug-likeness (QED) is 0.685. The molecule has 0 saturated carbocycles. The summed E-state index contributed by atoms with van der Waals surface area (Å²) in [5.41, 5.74) is 6.32. The van der Waals surface area contributed by atoms with Crippen LogP contribution < -0.4 is 10.5 Å². The summed E-state index contributed by atoms with van der Waals surface area (Å²) >= 11 is 0. The van der Waals surface area contributed by atoms with Gasteiger partial charge in [-0.2, -0.15) is 0 Å². The molecule has 0 bridgehead atoms. The van der Waals surface area contributed by atoms with E-state index in [0.29, 0.717) is 18.4 Å². The Labute approximate surface area is 112 Å². The lowest BCUT2D eigenvalue weighted by atomic mass is 10.2. The molecule has 1 unspecified atom stereocenters. The van der Waals surface area contributed by atoms with Gasteiger partial charge in [0.05, 0.1) is 0 Å². The average Bonchev–Trinajstić information content (AvgIpc) is 2.30. The van der Waals surface area contributed by atoms with Gasteiger partial charge < -0.3 is 10.8 Å². The largest absolute Gasteiger partial charge is 0.398 e. The molecule has 0 aliphatic rings. The Morgan fingerprint density at radius 2 is 2.11 bits per heavy atom. The number of anilines is 1. The molecule has 5 nitrogen and oxygen atoms in total. The predicted molar refractivity (Wildman–Crippen MR) is 71.7 cm³/mol. The maximum Gasteiger partial charge on any atom is 0.243 e. The van der Waals surface area contributed by atoms with Crippen LogP contribution in [-0.2, 0) is 10.0 Å². The van der Waals surface area contributed by atoms with E-state index in [2.05, 4.69) is 4.72 Å². The zero-order valence-electron chi connectivity index (χ0n) is 11.0. The monoisotopic (exact) mass is 290 g/mol. The molecule has 0 spiro atoms. The number of sulfonamides is 1. The fourth-order valence-corrected chi connectivity index (χ4v) is 3.03. The normalized spacial score (nSPS) is 13.5. The Kier molecular flexibility index (Phi) is 5.28. The predicted octanol–water partition coefficient (Wildman–Crippen LogP) is 1.16. The maximum absolute atomic E-state index is 13.7. The molecule has 4 N–H and O–H groups in total. The van der Waals surface area contributed by atoms with Gasteiger partial charge >= 0.3 is 0 Å². The molecule has 0 aliphatic heterocycles. The number of rotatable bonds is 6. The molecule has 19 heavy (non-hydrogen) atoms. The average molecular weight is 290 g/mol. The van der Waals surface area contributed by atoms with Crippen LogP contribution in [-0.4, -0.2) is 26.2 Å². The smallest absolute Gasteiger partial charge is 0.243 e. The Morgan fingerprint density at radius 3 is 2.68 bits per heavy atom. The fourth-order valence-electron chi connectivity index (χ4n) is 1.66. The van der Waals surface area contributed by atoms with Gasteiger partial charge in [0, 0.05) is 18.3 Å². The second-order valence-electron chi connectivity index (χ2n) is 4.53. The highest BCUT2D eigenvalue weighted by molar-refractivity contribution is 7.89. The molecule has 0 amide bonds. The minimum atomic E-state index is -3.95. The lowest BCUT2D eigenvalue weighted by molar-refractivity contribution is 0.279. The van der Waals surface area contributed by atoms with Crippen LogP contribution in [0.1, 0.15) is 25.3 Å². The molecule has 1 aromatic rings. The van der Waals surface area contributed by atoms with E-state index < -0.39 is 20.7 Å². The van der Waals surface area contributed by atoms with Gasteiger partial charge in [0.2, 0.25) is 10.0 Å². The van der Waals surface area contributed by atoms with Crippen LogP contribution in [0.25, 0.3) is 0 Å². The van der Waals surface area contributed by atoms with Gasteiger partial charge in [0.15, 0.2) is 0 Å². The van der Waals surface area contributed by atoms with Gasteiger partial charge in [-0.05, 0) is 44.4 Å². The van der Waals surface area contributed by atoms with E-state index in [1.807, 2.05) is 0 Å². The van der Waals surface area contributed by atoms with Crippen molar-refractivity contribution < 1.29 is 17.9 Å². The van der Waals surface area contributed by atoms with Crippen molar-refractivity contribution in [1.29, 1.82) is 0 Å². The van der Waals surface area contributed by atoms with Crippen LogP contribution in [0.5, 0.6) is 0 Å². The Hall–Kier alpha value is -1.18. The Balaban J connectivity index is 2.98. The Morgan fingerprint density at radius 1 is 1.47 bits per heavy atom. The second-order valence-corrected chi connectivity index (χ2v) is 6.21. The minimum Gasteiger partial charge on any atom is -0.398 e. The molecule has 1 atom stereocenters. The number of hydrogen-bond acceptors (Lipinski definition) is 4. The number of nitrogens with two attached hydrogens (primary N) is 1. The number of nitrogen functional groups attached to an aromatic ring is 1. The van der Waals surface area contributed by atoms with Crippen molar-refractivity contribution >= 4 is 15.7 Å². The topological polar surface area (TPSA) is 92.4 Å². The van der Waals surface area contributed by atoms with Crippen molar-refractivity contribution in [2.24, 2.45) is 0 Å². The van der Waals surface area contributed by atoms with E-state index >= 15 is 0 Å². The van der Waals surface area contributed by atoms with Crippen molar-refractivity contribution in [2.75, 3.05) is 12.3 Å². The molecular weight excluding hydrogens is 271 g/mol. The molecule has 0 aromatic heterocycles. The first-order chi connectivity index (χ1) is 8.77. The third-order valence-electron chi connectivity index (χ3n) is 2.76. The van der Waals surface area contributed by atoms with Crippen molar-refractivity contribution in [2.45, 2.75) is 37.6 Å². The number of halogens is 1. The number of benzene rings is 1. The molecule has 7 heteroatoms. The van der Waals surface area contributed by atoms with Crippen LogP contribution in [0.15, 0.2) is 17.0 Å². The van der Waals surface area contributed by atoms with Crippen molar-refractivity contribution in [3.63, 3.8) is 0 Å². The van der Waals surface area contributed by atoms with E-state index in [9.17, 15) is 12.8 Å². The molecule has 0 heterocycles. The first-order valence-corrected chi connectivity index (χ1v) is 7.45. The van der Waals surface area contributed by atoms with Crippen LogP contribution >= 0.6 is 0 Å². The summed E-state index contributed by atoms with van der Waals surface area (Å²) < 4.78 is 40.1. The zero-order chi connectivity index (χ0) is 14.6. The third-order valence-corrected chi connectivity index (χ3v) is 4.37. The molecule has 0 fully saturated rings. The number of aliphatic hydroxyl groups excluding tert-OH is 1. The molecule has 1 rings (SSSR count). The fraction of sp³-hybridized carbons (Fsp3) is 0.500. The van der Waals surface area contributed by atoms with Crippen LogP contribution in [0, 0.1) is 12.7 Å². The minimum absolute atomic E-state index is 0.0160. The molecule has 0 radical (unpaired) electrons. The summed E-state index contributed by atoms with van der Waals surface area (Å²) in [6, 6.07) is 1.83. The lowest BCUT2D eigenvalue weighted by Gasteiger charge is -2.15. The highest BCUT2D eigenvalue weighted by Gasteiger charge is 2.22. The number of hydrogen-bond donors (Lipinski definition) is 3. The molecule has 1 aromatic carbocycles. The summed E-state index contributed by atoms with van der Waals surface area (Å²) in [6.07, 6.45) is 0.945. The number of aryl methyl sites for hydroxylation is 1. The Bertz CT molecular complexity index is 546. The number of aliphatic hydroxyl groups is 1. The van der Waals surface area contributed by atoms with Crippen molar-refractivity contribution in [1.82, 2.24) is 4.72 Å². The third kappa shape index (κ3) is 4.15. The van der Waals surface area contributed by atoms with Crippen LogP contribution in [0.2, 0.25) is 0 Å². The summed E-state index contributed by atoms with van der Waals surface area (Å²) in [5.74, 6) is -0.825. The molecule has 108 valence electrons. The molecule has 0 aliphatic carbocycles. The van der Waals surface area contributed by atoms with E-state index in [0.717, 1.165) is 12.1 Å². The SMILES string of the molecule is Cc1cc(F)c(S(=O)(=O)NC(C)CCCO)cc1N. The summed E-state index contributed by atoms with van der Waals surface area (Å²) in [5, 5.41) is 8.69. The van der Waals surface area contributed by atoms with Gasteiger partial charge in [0.25, 0.3) is 0 Å². The summed E-state index contributed by atoms with van der Waals surface area (Å²) in [4.78, 5) is -0.452. The summed E-state index contributed by atoms with van der Waals surface area (Å²) in [6.45, 7) is 3.24. The van der Waals surface area contributed by atoms with E-state index in [1.165, 1.54) is 0 Å². The van der Waals surface area contributed by atoms with Gasteiger partial charge in [-0.1, -0.05) is 0 Å². The van der Waals surface area contributed by atoms with Gasteiger partial charge in [-0.3, -0.25) is 0 Å². The first kappa shape index (κ1) is 15.9.